The number of aromatic nitrogens is 1. The smallest absolute Gasteiger partial charge is 0.255 e. The first-order chi connectivity index (χ1) is 14.4. The maximum absolute atomic E-state index is 13.4. The van der Waals surface area contributed by atoms with E-state index in [0.29, 0.717) is 17.8 Å². The molecule has 0 bridgehead atoms. The summed E-state index contributed by atoms with van der Waals surface area (Å²) in [5.41, 5.74) is 2.85. The second-order valence-corrected chi connectivity index (χ2v) is 7.34. The highest BCUT2D eigenvalue weighted by Crippen LogP contribution is 2.27. The molecule has 6 nitrogen and oxygen atoms in total. The Hall–Kier alpha value is -3.41. The summed E-state index contributed by atoms with van der Waals surface area (Å²) in [6, 6.07) is 16.9. The molecular weight excluding hydrogens is 378 g/mol. The Kier molecular flexibility index (Phi) is 6.67. The van der Waals surface area contributed by atoms with E-state index in [4.69, 9.17) is 9.72 Å². The van der Waals surface area contributed by atoms with E-state index in [1.54, 1.807) is 18.1 Å². The molecule has 0 saturated heterocycles. The summed E-state index contributed by atoms with van der Waals surface area (Å²) < 4.78 is 5.23. The average Bonchev–Trinajstić information content (AvgIpc) is 2.75. The topological polar surface area (TPSA) is 71.5 Å². The predicted molar refractivity (Wildman–Crippen MR) is 119 cm³/mol. The Morgan fingerprint density at radius 1 is 1.10 bits per heavy atom. The van der Waals surface area contributed by atoms with Crippen LogP contribution in [0, 0.1) is 0 Å². The number of pyridine rings is 1. The van der Waals surface area contributed by atoms with Crippen molar-refractivity contribution in [2.75, 3.05) is 20.2 Å². The molecule has 0 aliphatic rings. The van der Waals surface area contributed by atoms with Crippen LogP contribution in [-0.2, 0) is 4.79 Å². The van der Waals surface area contributed by atoms with Gasteiger partial charge in [0.15, 0.2) is 0 Å². The first-order valence-corrected chi connectivity index (χ1v) is 10.1. The van der Waals surface area contributed by atoms with Crippen molar-refractivity contribution in [2.45, 2.75) is 26.8 Å². The molecule has 156 valence electrons. The first-order valence-electron chi connectivity index (χ1n) is 10.1. The van der Waals surface area contributed by atoms with Crippen LogP contribution in [0.3, 0.4) is 0 Å². The van der Waals surface area contributed by atoms with Gasteiger partial charge in [-0.2, -0.15) is 0 Å². The van der Waals surface area contributed by atoms with Crippen molar-refractivity contribution in [3.8, 4) is 17.0 Å². The lowest BCUT2D eigenvalue weighted by molar-refractivity contribution is -0.122. The van der Waals surface area contributed by atoms with Gasteiger partial charge in [0.2, 0.25) is 5.91 Å². The van der Waals surface area contributed by atoms with Gasteiger partial charge in [0.25, 0.3) is 5.91 Å². The maximum Gasteiger partial charge on any atom is 0.255 e. The molecule has 0 atom stereocenters. The molecule has 2 aromatic carbocycles. The van der Waals surface area contributed by atoms with Crippen LogP contribution in [0.4, 0.5) is 0 Å². The summed E-state index contributed by atoms with van der Waals surface area (Å²) in [6.07, 6.45) is 0. The summed E-state index contributed by atoms with van der Waals surface area (Å²) >= 11 is 0. The summed E-state index contributed by atoms with van der Waals surface area (Å²) in [5, 5.41) is 3.61. The number of hydrogen-bond donors (Lipinski definition) is 1. The van der Waals surface area contributed by atoms with Gasteiger partial charge in [-0.3, -0.25) is 9.59 Å². The fourth-order valence-corrected chi connectivity index (χ4v) is 3.30. The Morgan fingerprint density at radius 2 is 1.80 bits per heavy atom. The average molecular weight is 405 g/mol. The van der Waals surface area contributed by atoms with Gasteiger partial charge in [0.05, 0.1) is 30.4 Å². The van der Waals surface area contributed by atoms with Crippen LogP contribution in [0.15, 0.2) is 54.6 Å². The predicted octanol–water partition coefficient (Wildman–Crippen LogP) is 3.90. The van der Waals surface area contributed by atoms with Crippen molar-refractivity contribution in [3.63, 3.8) is 0 Å². The van der Waals surface area contributed by atoms with Crippen molar-refractivity contribution in [2.24, 2.45) is 0 Å². The standard InChI is InChI=1S/C24H27N3O3/c1-5-27(15-23(28)25-16(2)3)24(29)20-14-22(17-10-12-18(30-4)13-11-17)26-21-9-7-6-8-19(20)21/h6-14,16H,5,15H2,1-4H3,(H,25,28). The van der Waals surface area contributed by atoms with Crippen LogP contribution in [0.2, 0.25) is 0 Å². The first kappa shape index (κ1) is 21.3. The van der Waals surface area contributed by atoms with E-state index in [-0.39, 0.29) is 24.4 Å². The highest BCUT2D eigenvalue weighted by Gasteiger charge is 2.21. The molecular formula is C24H27N3O3. The number of hydrogen-bond acceptors (Lipinski definition) is 4. The number of para-hydroxylation sites is 1. The fourth-order valence-electron chi connectivity index (χ4n) is 3.30. The SMILES string of the molecule is CCN(CC(=O)NC(C)C)C(=O)c1cc(-c2ccc(OC)cc2)nc2ccccc12. The van der Waals surface area contributed by atoms with Crippen LogP contribution < -0.4 is 10.1 Å². The molecule has 2 amide bonds. The molecule has 1 N–H and O–H groups in total. The Balaban J connectivity index is 2.02. The molecule has 1 aromatic heterocycles. The van der Waals surface area contributed by atoms with E-state index in [1.807, 2.05) is 69.3 Å². The number of benzene rings is 2. The number of likely N-dealkylation sites (N-methyl/N-ethyl adjacent to an activating group) is 1. The summed E-state index contributed by atoms with van der Waals surface area (Å²) in [5.74, 6) is 0.392. The van der Waals surface area contributed by atoms with Gasteiger partial charge in [-0.05, 0) is 57.2 Å². The lowest BCUT2D eigenvalue weighted by Crippen LogP contribution is -2.42. The maximum atomic E-state index is 13.4. The van der Waals surface area contributed by atoms with Crippen molar-refractivity contribution < 1.29 is 14.3 Å². The summed E-state index contributed by atoms with van der Waals surface area (Å²) in [6.45, 7) is 6.11. The Morgan fingerprint density at radius 3 is 2.43 bits per heavy atom. The Bertz CT molecular complexity index is 1050. The van der Waals surface area contributed by atoms with Crippen LogP contribution in [-0.4, -0.2) is 47.9 Å². The van der Waals surface area contributed by atoms with E-state index in [2.05, 4.69) is 5.32 Å². The second kappa shape index (κ2) is 9.39. The normalized spacial score (nSPS) is 10.8. The van der Waals surface area contributed by atoms with Crippen LogP contribution >= 0.6 is 0 Å². The highest BCUT2D eigenvalue weighted by molar-refractivity contribution is 6.08. The molecule has 3 aromatic rings. The van der Waals surface area contributed by atoms with Gasteiger partial charge in [-0.25, -0.2) is 4.98 Å². The van der Waals surface area contributed by atoms with Crippen molar-refractivity contribution in [3.05, 3.63) is 60.2 Å². The molecule has 6 heteroatoms. The van der Waals surface area contributed by atoms with Gasteiger partial charge < -0.3 is 15.0 Å². The van der Waals surface area contributed by atoms with Crippen molar-refractivity contribution in [1.82, 2.24) is 15.2 Å². The van der Waals surface area contributed by atoms with Gasteiger partial charge >= 0.3 is 0 Å². The van der Waals surface area contributed by atoms with E-state index >= 15 is 0 Å². The van der Waals surface area contributed by atoms with E-state index in [0.717, 1.165) is 22.2 Å². The second-order valence-electron chi connectivity index (χ2n) is 7.34. The molecule has 3 rings (SSSR count). The molecule has 0 spiro atoms. The number of carbonyl (C=O) groups excluding carboxylic acids is 2. The summed E-state index contributed by atoms with van der Waals surface area (Å²) in [7, 11) is 1.62. The largest absolute Gasteiger partial charge is 0.497 e. The molecule has 0 radical (unpaired) electrons. The number of ether oxygens (including phenoxy) is 1. The van der Waals surface area contributed by atoms with E-state index in [1.165, 1.54) is 0 Å². The third-order valence-electron chi connectivity index (χ3n) is 4.79. The number of nitrogens with zero attached hydrogens (tertiary/aromatic N) is 2. The minimum Gasteiger partial charge on any atom is -0.497 e. The van der Waals surface area contributed by atoms with Crippen molar-refractivity contribution in [1.29, 1.82) is 0 Å². The molecule has 0 unspecified atom stereocenters. The molecule has 30 heavy (non-hydrogen) atoms. The number of methoxy groups -OCH3 is 1. The zero-order valence-corrected chi connectivity index (χ0v) is 17.8. The third kappa shape index (κ3) is 4.76. The number of amides is 2. The van der Waals surface area contributed by atoms with Crippen molar-refractivity contribution >= 4 is 22.7 Å². The molecule has 0 aliphatic heterocycles. The third-order valence-corrected chi connectivity index (χ3v) is 4.79. The lowest BCUT2D eigenvalue weighted by Gasteiger charge is -2.22. The van der Waals surface area contributed by atoms with Crippen LogP contribution in [0.5, 0.6) is 5.75 Å². The van der Waals surface area contributed by atoms with Gasteiger partial charge in [0, 0.05) is 23.5 Å². The van der Waals surface area contributed by atoms with E-state index in [9.17, 15) is 9.59 Å². The molecule has 0 saturated carbocycles. The Labute approximate surface area is 176 Å². The molecule has 0 fully saturated rings. The number of carbonyl (C=O) groups is 2. The number of nitrogens with one attached hydrogen (secondary N) is 1. The minimum absolute atomic E-state index is 0.0159. The lowest BCUT2D eigenvalue weighted by atomic mass is 10.0. The fraction of sp³-hybridized carbons (Fsp3) is 0.292. The quantitative estimate of drug-likeness (QED) is 0.647. The minimum atomic E-state index is -0.190. The number of rotatable bonds is 7. The van der Waals surface area contributed by atoms with E-state index < -0.39 is 0 Å². The zero-order chi connectivity index (χ0) is 21.7. The van der Waals surface area contributed by atoms with Crippen LogP contribution in [0.25, 0.3) is 22.2 Å². The van der Waals surface area contributed by atoms with Gasteiger partial charge in [0.1, 0.15) is 5.75 Å². The molecule has 0 aliphatic carbocycles. The zero-order valence-electron chi connectivity index (χ0n) is 17.8. The van der Waals surface area contributed by atoms with Crippen LogP contribution in [0.1, 0.15) is 31.1 Å². The monoisotopic (exact) mass is 405 g/mol. The summed E-state index contributed by atoms with van der Waals surface area (Å²) in [4.78, 5) is 31.9. The number of fused-ring (bicyclic) bond motifs is 1. The molecule has 1 heterocycles. The van der Waals surface area contributed by atoms with Gasteiger partial charge in [-0.1, -0.05) is 18.2 Å². The van der Waals surface area contributed by atoms with Gasteiger partial charge in [-0.15, -0.1) is 0 Å². The highest BCUT2D eigenvalue weighted by atomic mass is 16.5.